The molecule has 10 nitrogen and oxygen atoms in total. The van der Waals surface area contributed by atoms with Crippen molar-refractivity contribution >= 4 is 29.9 Å². The van der Waals surface area contributed by atoms with E-state index in [2.05, 4.69) is 15.4 Å². The zero-order valence-electron chi connectivity index (χ0n) is 16.6. The highest BCUT2D eigenvalue weighted by molar-refractivity contribution is 6.58. The molecule has 0 aromatic carbocycles. The molecule has 3 aromatic rings. The van der Waals surface area contributed by atoms with E-state index in [0.717, 1.165) is 12.8 Å². The molecule has 1 aliphatic rings. The van der Waals surface area contributed by atoms with E-state index in [1.54, 1.807) is 30.5 Å². The summed E-state index contributed by atoms with van der Waals surface area (Å²) in [6.45, 7) is 0. The first-order valence-electron chi connectivity index (χ1n) is 9.98. The molecule has 11 heteroatoms. The van der Waals surface area contributed by atoms with Crippen molar-refractivity contribution < 1.29 is 24.4 Å². The first-order chi connectivity index (χ1) is 14.9. The number of primary amides is 1. The van der Waals surface area contributed by atoms with Crippen LogP contribution in [0.4, 0.5) is 0 Å². The predicted octanol–water partition coefficient (Wildman–Crippen LogP) is -0.372. The van der Waals surface area contributed by atoms with Crippen molar-refractivity contribution in [1.82, 2.24) is 19.9 Å². The number of nitrogens with one attached hydrogen (secondary N) is 1. The Hall–Kier alpha value is -3.44. The Kier molecular flexibility index (Phi) is 5.87. The lowest BCUT2D eigenvalue weighted by molar-refractivity contribution is 0.0882. The van der Waals surface area contributed by atoms with Gasteiger partial charge in [-0.05, 0) is 43.9 Å². The highest BCUT2D eigenvalue weighted by Gasteiger charge is 2.26. The minimum atomic E-state index is -1.60. The van der Waals surface area contributed by atoms with Gasteiger partial charge in [0.25, 0.3) is 11.8 Å². The highest BCUT2D eigenvalue weighted by atomic mass is 16.5. The van der Waals surface area contributed by atoms with E-state index in [9.17, 15) is 19.6 Å². The van der Waals surface area contributed by atoms with Crippen LogP contribution in [0.25, 0.3) is 5.52 Å². The molecular formula is C20H22BN5O5. The first kappa shape index (κ1) is 20.8. The SMILES string of the molecule is NC(=O)c1cccnc1OC1CCC(NC(=O)c2cnn3cc(B(O)O)ccc23)CC1. The maximum Gasteiger partial charge on any atom is 0.490 e. The summed E-state index contributed by atoms with van der Waals surface area (Å²) in [5.41, 5.74) is 6.90. The maximum atomic E-state index is 12.7. The largest absolute Gasteiger partial charge is 0.490 e. The van der Waals surface area contributed by atoms with Gasteiger partial charge >= 0.3 is 7.12 Å². The van der Waals surface area contributed by atoms with Crippen LogP contribution in [-0.2, 0) is 0 Å². The minimum Gasteiger partial charge on any atom is -0.474 e. The van der Waals surface area contributed by atoms with Gasteiger partial charge in [0.05, 0.1) is 17.3 Å². The van der Waals surface area contributed by atoms with Crippen molar-refractivity contribution in [2.24, 2.45) is 5.73 Å². The summed E-state index contributed by atoms with van der Waals surface area (Å²) in [6.07, 6.45) is 7.20. The Bertz CT molecular complexity index is 1110. The summed E-state index contributed by atoms with van der Waals surface area (Å²) in [6, 6.07) is 6.37. The molecule has 4 rings (SSSR count). The monoisotopic (exact) mass is 423 g/mol. The molecule has 0 aliphatic heterocycles. The van der Waals surface area contributed by atoms with Gasteiger partial charge in [-0.2, -0.15) is 5.10 Å². The fourth-order valence-corrected chi connectivity index (χ4v) is 3.75. The van der Waals surface area contributed by atoms with Crippen LogP contribution in [0, 0.1) is 0 Å². The second kappa shape index (κ2) is 8.74. The zero-order valence-corrected chi connectivity index (χ0v) is 16.6. The lowest BCUT2D eigenvalue weighted by Gasteiger charge is -2.29. The van der Waals surface area contributed by atoms with Crippen LogP contribution >= 0.6 is 0 Å². The quantitative estimate of drug-likeness (QED) is 0.395. The topological polar surface area (TPSA) is 152 Å². The normalized spacial score (nSPS) is 18.5. The Morgan fingerprint density at radius 1 is 1.16 bits per heavy atom. The molecule has 0 radical (unpaired) electrons. The Labute approximate surface area is 178 Å². The van der Waals surface area contributed by atoms with Gasteiger partial charge in [0.15, 0.2) is 0 Å². The summed E-state index contributed by atoms with van der Waals surface area (Å²) >= 11 is 0. The highest BCUT2D eigenvalue weighted by Crippen LogP contribution is 2.25. The van der Waals surface area contributed by atoms with E-state index in [0.29, 0.717) is 23.9 Å². The van der Waals surface area contributed by atoms with Gasteiger partial charge in [-0.15, -0.1) is 0 Å². The molecular weight excluding hydrogens is 401 g/mol. The number of rotatable bonds is 6. The van der Waals surface area contributed by atoms with Crippen LogP contribution in [0.3, 0.4) is 0 Å². The molecule has 0 spiro atoms. The fourth-order valence-electron chi connectivity index (χ4n) is 3.75. The summed E-state index contributed by atoms with van der Waals surface area (Å²) in [7, 11) is -1.60. The minimum absolute atomic E-state index is 0.0137. The van der Waals surface area contributed by atoms with Crippen molar-refractivity contribution in [1.29, 1.82) is 0 Å². The van der Waals surface area contributed by atoms with Gasteiger partial charge in [0.1, 0.15) is 11.7 Å². The summed E-state index contributed by atoms with van der Waals surface area (Å²) < 4.78 is 7.32. The Morgan fingerprint density at radius 3 is 2.65 bits per heavy atom. The number of carbonyl (C=O) groups excluding carboxylic acids is 2. The van der Waals surface area contributed by atoms with Crippen molar-refractivity contribution in [2.75, 3.05) is 0 Å². The molecule has 31 heavy (non-hydrogen) atoms. The third-order valence-corrected chi connectivity index (χ3v) is 5.41. The van der Waals surface area contributed by atoms with Gasteiger partial charge in [0.2, 0.25) is 5.88 Å². The third-order valence-electron chi connectivity index (χ3n) is 5.41. The summed E-state index contributed by atoms with van der Waals surface area (Å²) in [4.78, 5) is 28.4. The number of hydrogen-bond donors (Lipinski definition) is 4. The molecule has 0 saturated heterocycles. The van der Waals surface area contributed by atoms with Crippen LogP contribution in [-0.4, -0.2) is 55.7 Å². The van der Waals surface area contributed by atoms with Crippen LogP contribution < -0.4 is 21.3 Å². The number of pyridine rings is 2. The second-order valence-corrected chi connectivity index (χ2v) is 7.51. The number of nitrogens with zero attached hydrogens (tertiary/aromatic N) is 3. The van der Waals surface area contributed by atoms with Crippen LogP contribution in [0.2, 0.25) is 0 Å². The molecule has 0 atom stereocenters. The lowest BCUT2D eigenvalue weighted by Crippen LogP contribution is -2.39. The van der Waals surface area contributed by atoms with Crippen molar-refractivity contribution in [2.45, 2.75) is 37.8 Å². The average Bonchev–Trinajstić information content (AvgIpc) is 3.19. The van der Waals surface area contributed by atoms with Gasteiger partial charge in [-0.3, -0.25) is 9.59 Å². The van der Waals surface area contributed by atoms with Gasteiger partial charge < -0.3 is 25.8 Å². The summed E-state index contributed by atoms with van der Waals surface area (Å²) in [5.74, 6) is -0.586. The van der Waals surface area contributed by atoms with E-state index < -0.39 is 13.0 Å². The van der Waals surface area contributed by atoms with Crippen LogP contribution in [0.5, 0.6) is 5.88 Å². The molecule has 2 amide bonds. The second-order valence-electron chi connectivity index (χ2n) is 7.51. The van der Waals surface area contributed by atoms with Crippen molar-refractivity contribution in [3.8, 4) is 5.88 Å². The van der Waals surface area contributed by atoms with Crippen molar-refractivity contribution in [3.63, 3.8) is 0 Å². The number of aromatic nitrogens is 3. The van der Waals surface area contributed by atoms with E-state index >= 15 is 0 Å². The Balaban J connectivity index is 1.36. The number of carbonyl (C=O) groups is 2. The van der Waals surface area contributed by atoms with Gasteiger partial charge in [0, 0.05) is 23.9 Å². The third kappa shape index (κ3) is 4.52. The average molecular weight is 423 g/mol. The molecule has 160 valence electrons. The predicted molar refractivity (Wildman–Crippen MR) is 112 cm³/mol. The smallest absolute Gasteiger partial charge is 0.474 e. The van der Waals surface area contributed by atoms with Crippen molar-refractivity contribution in [3.05, 3.63) is 54.0 Å². The number of fused-ring (bicyclic) bond motifs is 1. The molecule has 3 heterocycles. The van der Waals surface area contributed by atoms with Gasteiger partial charge in [-0.1, -0.05) is 6.07 Å². The first-order valence-corrected chi connectivity index (χ1v) is 9.98. The zero-order chi connectivity index (χ0) is 22.0. The molecule has 0 unspecified atom stereocenters. The Morgan fingerprint density at radius 2 is 1.94 bits per heavy atom. The summed E-state index contributed by atoms with van der Waals surface area (Å²) in [5, 5.41) is 25.7. The van der Waals surface area contributed by atoms with Crippen LogP contribution in [0.15, 0.2) is 42.9 Å². The maximum absolute atomic E-state index is 12.7. The number of nitrogens with two attached hydrogens (primary N) is 1. The molecule has 3 aromatic heterocycles. The van der Waals surface area contributed by atoms with Gasteiger partial charge in [-0.25, -0.2) is 9.50 Å². The molecule has 1 saturated carbocycles. The molecule has 0 bridgehead atoms. The van der Waals surface area contributed by atoms with E-state index in [-0.39, 0.29) is 35.0 Å². The van der Waals surface area contributed by atoms with E-state index in [1.807, 2.05) is 0 Å². The lowest BCUT2D eigenvalue weighted by atomic mass is 9.82. The standard InChI is InChI=1S/C20H22BN5O5/c22-18(27)15-2-1-9-23-20(15)31-14-6-4-13(5-7-14)25-19(28)16-10-24-26-11-12(21(29)30)3-8-17(16)26/h1-3,8-11,13-14,29-30H,4-7H2,(H2,22,27)(H,25,28). The number of ether oxygens (including phenoxy) is 1. The van der Waals surface area contributed by atoms with Crippen LogP contribution in [0.1, 0.15) is 46.4 Å². The number of hydrogen-bond acceptors (Lipinski definition) is 7. The number of amides is 2. The molecule has 1 aliphatic carbocycles. The molecule has 1 fully saturated rings. The fraction of sp³-hybridized carbons (Fsp3) is 0.300. The molecule has 5 N–H and O–H groups in total. The van der Waals surface area contributed by atoms with E-state index in [1.165, 1.54) is 16.9 Å². The van der Waals surface area contributed by atoms with E-state index in [4.69, 9.17) is 10.5 Å².